The van der Waals surface area contributed by atoms with E-state index in [-0.39, 0.29) is 0 Å². The van der Waals surface area contributed by atoms with E-state index in [1.54, 1.807) is 0 Å². The first-order valence-electron chi connectivity index (χ1n) is 5.43. The standard InChI is InChI=1S/C12H16Br2OS/c13-10-5-6-12(11(14)9-10)15-7-3-1-2-4-8-16/h5-6,9,16H,1-4,7-8H2. The number of rotatable bonds is 7. The second-order valence-corrected chi connectivity index (χ2v) is 5.78. The van der Waals surface area contributed by atoms with E-state index in [2.05, 4.69) is 44.5 Å². The normalized spacial score (nSPS) is 10.4. The van der Waals surface area contributed by atoms with Gasteiger partial charge in [0, 0.05) is 4.47 Å². The van der Waals surface area contributed by atoms with E-state index in [1.807, 2.05) is 18.2 Å². The maximum atomic E-state index is 5.69. The molecule has 1 aromatic rings. The van der Waals surface area contributed by atoms with Gasteiger partial charge in [0.2, 0.25) is 0 Å². The highest BCUT2D eigenvalue weighted by Crippen LogP contribution is 2.28. The molecule has 0 atom stereocenters. The molecule has 0 aliphatic heterocycles. The van der Waals surface area contributed by atoms with Crippen molar-refractivity contribution in [3.05, 3.63) is 27.1 Å². The number of benzene rings is 1. The van der Waals surface area contributed by atoms with Crippen LogP contribution < -0.4 is 4.74 Å². The summed E-state index contributed by atoms with van der Waals surface area (Å²) in [4.78, 5) is 0. The van der Waals surface area contributed by atoms with Gasteiger partial charge in [-0.2, -0.15) is 12.6 Å². The van der Waals surface area contributed by atoms with Crippen LogP contribution in [0.4, 0.5) is 0 Å². The molecule has 0 N–H and O–H groups in total. The van der Waals surface area contributed by atoms with Crippen LogP contribution in [0, 0.1) is 0 Å². The molecule has 0 spiro atoms. The van der Waals surface area contributed by atoms with E-state index in [9.17, 15) is 0 Å². The van der Waals surface area contributed by atoms with Gasteiger partial charge in [0.25, 0.3) is 0 Å². The van der Waals surface area contributed by atoms with Gasteiger partial charge in [-0.3, -0.25) is 0 Å². The van der Waals surface area contributed by atoms with E-state index >= 15 is 0 Å². The third kappa shape index (κ3) is 5.60. The summed E-state index contributed by atoms with van der Waals surface area (Å²) in [6, 6.07) is 5.96. The largest absolute Gasteiger partial charge is 0.492 e. The molecule has 0 saturated carbocycles. The van der Waals surface area contributed by atoms with Crippen LogP contribution in [0.1, 0.15) is 25.7 Å². The lowest BCUT2D eigenvalue weighted by Crippen LogP contribution is -1.98. The van der Waals surface area contributed by atoms with E-state index in [1.165, 1.54) is 19.3 Å². The Kier molecular flexibility index (Phi) is 7.58. The second kappa shape index (κ2) is 8.43. The van der Waals surface area contributed by atoms with Gasteiger partial charge in [-0.25, -0.2) is 0 Å². The van der Waals surface area contributed by atoms with Crippen LogP contribution in [0.3, 0.4) is 0 Å². The Hall–Kier alpha value is 0.330. The molecule has 0 bridgehead atoms. The van der Waals surface area contributed by atoms with Crippen LogP contribution in [-0.4, -0.2) is 12.4 Å². The zero-order valence-electron chi connectivity index (χ0n) is 9.09. The van der Waals surface area contributed by atoms with Gasteiger partial charge in [0.1, 0.15) is 5.75 Å². The van der Waals surface area contributed by atoms with E-state index in [4.69, 9.17) is 4.74 Å². The van der Waals surface area contributed by atoms with Crippen molar-refractivity contribution in [2.24, 2.45) is 0 Å². The number of hydrogen-bond acceptors (Lipinski definition) is 2. The summed E-state index contributed by atoms with van der Waals surface area (Å²) in [6.45, 7) is 0.785. The summed E-state index contributed by atoms with van der Waals surface area (Å²) in [5.41, 5.74) is 0. The Labute approximate surface area is 120 Å². The highest BCUT2D eigenvalue weighted by Gasteiger charge is 2.00. The minimum absolute atomic E-state index is 0.785. The van der Waals surface area contributed by atoms with Crippen LogP contribution in [0.25, 0.3) is 0 Å². The van der Waals surface area contributed by atoms with Gasteiger partial charge in [-0.1, -0.05) is 28.8 Å². The summed E-state index contributed by atoms with van der Waals surface area (Å²) in [5, 5.41) is 0. The quantitative estimate of drug-likeness (QED) is 0.522. The van der Waals surface area contributed by atoms with Gasteiger partial charge < -0.3 is 4.74 Å². The van der Waals surface area contributed by atoms with Crippen LogP contribution >= 0.6 is 44.5 Å². The van der Waals surface area contributed by atoms with Crippen LogP contribution in [-0.2, 0) is 0 Å². The molecule has 1 nitrogen and oxygen atoms in total. The third-order valence-corrected chi connectivity index (χ3v) is 3.63. The number of unbranched alkanes of at least 4 members (excludes halogenated alkanes) is 3. The topological polar surface area (TPSA) is 9.23 Å². The zero-order valence-corrected chi connectivity index (χ0v) is 13.2. The van der Waals surface area contributed by atoms with Crippen molar-refractivity contribution in [1.29, 1.82) is 0 Å². The molecular weight excluding hydrogens is 352 g/mol. The fourth-order valence-corrected chi connectivity index (χ4v) is 2.73. The maximum absolute atomic E-state index is 5.69. The highest BCUT2D eigenvalue weighted by molar-refractivity contribution is 9.11. The maximum Gasteiger partial charge on any atom is 0.133 e. The molecule has 0 aliphatic carbocycles. The lowest BCUT2D eigenvalue weighted by molar-refractivity contribution is 0.303. The average Bonchev–Trinajstić information content (AvgIpc) is 2.26. The van der Waals surface area contributed by atoms with Crippen LogP contribution in [0.15, 0.2) is 27.1 Å². The predicted molar refractivity (Wildman–Crippen MR) is 79.7 cm³/mol. The van der Waals surface area contributed by atoms with Crippen molar-refractivity contribution < 1.29 is 4.74 Å². The molecule has 0 fully saturated rings. The molecule has 1 rings (SSSR count). The first kappa shape index (κ1) is 14.4. The zero-order chi connectivity index (χ0) is 11.8. The lowest BCUT2D eigenvalue weighted by Gasteiger charge is -2.08. The smallest absolute Gasteiger partial charge is 0.133 e. The molecule has 0 amide bonds. The summed E-state index contributed by atoms with van der Waals surface area (Å²) >= 11 is 11.1. The third-order valence-electron chi connectivity index (χ3n) is 2.20. The molecule has 0 aromatic heterocycles. The van der Waals surface area contributed by atoms with Crippen molar-refractivity contribution >= 4 is 44.5 Å². The lowest BCUT2D eigenvalue weighted by atomic mass is 10.2. The van der Waals surface area contributed by atoms with Crippen LogP contribution in [0.5, 0.6) is 5.75 Å². The monoisotopic (exact) mass is 366 g/mol. The number of thiol groups is 1. The molecular formula is C12H16Br2OS. The Bertz CT molecular complexity index is 318. The van der Waals surface area contributed by atoms with E-state index < -0.39 is 0 Å². The van der Waals surface area contributed by atoms with Crippen molar-refractivity contribution in [2.75, 3.05) is 12.4 Å². The molecule has 0 heterocycles. The predicted octanol–water partition coefficient (Wildman–Crippen LogP) is 5.08. The van der Waals surface area contributed by atoms with Crippen molar-refractivity contribution in [3.8, 4) is 5.75 Å². The summed E-state index contributed by atoms with van der Waals surface area (Å²) in [7, 11) is 0. The van der Waals surface area contributed by atoms with Crippen molar-refractivity contribution in [1.82, 2.24) is 0 Å². The Balaban J connectivity index is 2.21. The van der Waals surface area contributed by atoms with Gasteiger partial charge in [-0.05, 0) is 52.7 Å². The molecule has 16 heavy (non-hydrogen) atoms. The van der Waals surface area contributed by atoms with Crippen molar-refractivity contribution in [3.63, 3.8) is 0 Å². The second-order valence-electron chi connectivity index (χ2n) is 3.56. The molecule has 0 aliphatic rings. The van der Waals surface area contributed by atoms with E-state index in [0.29, 0.717) is 0 Å². The summed E-state index contributed by atoms with van der Waals surface area (Å²) in [5.74, 6) is 1.90. The molecule has 0 radical (unpaired) electrons. The SMILES string of the molecule is SCCCCCCOc1ccc(Br)cc1Br. The number of halogens is 2. The Morgan fingerprint density at radius 1 is 1.06 bits per heavy atom. The summed E-state index contributed by atoms with van der Waals surface area (Å²) < 4.78 is 7.74. The fourth-order valence-electron chi connectivity index (χ4n) is 1.34. The molecule has 1 aromatic carbocycles. The average molecular weight is 368 g/mol. The summed E-state index contributed by atoms with van der Waals surface area (Å²) in [6.07, 6.45) is 4.77. The minimum atomic E-state index is 0.785. The Morgan fingerprint density at radius 3 is 2.50 bits per heavy atom. The minimum Gasteiger partial charge on any atom is -0.492 e. The fraction of sp³-hybridized carbons (Fsp3) is 0.500. The van der Waals surface area contributed by atoms with Crippen molar-refractivity contribution in [2.45, 2.75) is 25.7 Å². The van der Waals surface area contributed by atoms with Gasteiger partial charge >= 0.3 is 0 Å². The Morgan fingerprint density at radius 2 is 1.81 bits per heavy atom. The molecule has 0 unspecified atom stereocenters. The first-order chi connectivity index (χ1) is 7.74. The van der Waals surface area contributed by atoms with Gasteiger partial charge in [0.15, 0.2) is 0 Å². The highest BCUT2D eigenvalue weighted by atomic mass is 79.9. The number of ether oxygens (including phenoxy) is 1. The van der Waals surface area contributed by atoms with E-state index in [0.717, 1.165) is 33.5 Å². The first-order valence-corrected chi connectivity index (χ1v) is 7.64. The van der Waals surface area contributed by atoms with Gasteiger partial charge in [-0.15, -0.1) is 0 Å². The number of hydrogen-bond donors (Lipinski definition) is 1. The van der Waals surface area contributed by atoms with Gasteiger partial charge in [0.05, 0.1) is 11.1 Å². The molecule has 0 saturated heterocycles. The molecule has 90 valence electrons. The van der Waals surface area contributed by atoms with Crippen LogP contribution in [0.2, 0.25) is 0 Å². The molecule has 4 heteroatoms.